The molecule has 1 aliphatic heterocycles. The Bertz CT molecular complexity index is 504. The van der Waals surface area contributed by atoms with Gasteiger partial charge in [0.2, 0.25) is 0 Å². The Morgan fingerprint density at radius 3 is 3.00 bits per heavy atom. The Hall–Kier alpha value is -0.790. The second-order valence-electron chi connectivity index (χ2n) is 3.94. The summed E-state index contributed by atoms with van der Waals surface area (Å²) in [6, 6.07) is 3.17. The minimum atomic E-state index is -3.56. The summed E-state index contributed by atoms with van der Waals surface area (Å²) in [7, 11) is -3.56. The molecule has 1 aliphatic rings. The lowest BCUT2D eigenvalue weighted by atomic mass is 10.4. The molecule has 0 saturated carbocycles. The molecule has 1 unspecified atom stereocenters. The van der Waals surface area contributed by atoms with Gasteiger partial charge in [-0.15, -0.1) is 0 Å². The summed E-state index contributed by atoms with van der Waals surface area (Å²) in [5.74, 6) is 1.63. The van der Waals surface area contributed by atoms with Gasteiger partial charge in [0.1, 0.15) is 0 Å². The van der Waals surface area contributed by atoms with Crippen LogP contribution in [-0.2, 0) is 10.0 Å². The molecule has 0 radical (unpaired) electrons. The van der Waals surface area contributed by atoms with Crippen LogP contribution < -0.4 is 5.73 Å². The molecule has 5 nitrogen and oxygen atoms in total. The Morgan fingerprint density at radius 1 is 1.59 bits per heavy atom. The lowest BCUT2D eigenvalue weighted by Gasteiger charge is -2.31. The minimum Gasteiger partial charge on any atom is -0.396 e. The standard InChI is InChI=1S/C10H15N3O2S2/c1-8-7-16-6-5-13(8)17(14,15)10-9(11)3-2-4-12-10/h2-4,8H,5-7,11H2,1H3. The number of pyridine rings is 1. The van der Waals surface area contributed by atoms with E-state index in [0.29, 0.717) is 6.54 Å². The quantitative estimate of drug-likeness (QED) is 0.862. The van der Waals surface area contributed by atoms with Crippen molar-refractivity contribution in [2.75, 3.05) is 23.8 Å². The molecule has 0 amide bonds. The van der Waals surface area contributed by atoms with Gasteiger partial charge in [-0.05, 0) is 19.1 Å². The van der Waals surface area contributed by atoms with Crippen LogP contribution in [0.2, 0.25) is 0 Å². The highest BCUT2D eigenvalue weighted by atomic mass is 32.2. The molecule has 7 heteroatoms. The minimum absolute atomic E-state index is 0.0137. The lowest BCUT2D eigenvalue weighted by Crippen LogP contribution is -2.44. The van der Waals surface area contributed by atoms with Crippen molar-refractivity contribution in [3.8, 4) is 0 Å². The summed E-state index contributed by atoms with van der Waals surface area (Å²) in [5.41, 5.74) is 5.89. The van der Waals surface area contributed by atoms with Gasteiger partial charge in [0.05, 0.1) is 5.69 Å². The van der Waals surface area contributed by atoms with E-state index in [1.807, 2.05) is 6.92 Å². The van der Waals surface area contributed by atoms with Crippen molar-refractivity contribution in [2.45, 2.75) is 18.0 Å². The summed E-state index contributed by atoms with van der Waals surface area (Å²) < 4.78 is 26.3. The van der Waals surface area contributed by atoms with Crippen molar-refractivity contribution >= 4 is 27.5 Å². The number of nitrogens with two attached hydrogens (primary N) is 1. The van der Waals surface area contributed by atoms with Crippen LogP contribution in [0.25, 0.3) is 0 Å². The third kappa shape index (κ3) is 2.41. The average molecular weight is 273 g/mol. The van der Waals surface area contributed by atoms with Crippen LogP contribution in [0, 0.1) is 0 Å². The molecule has 0 aromatic carbocycles. The molecule has 2 heterocycles. The number of aromatic nitrogens is 1. The zero-order valence-corrected chi connectivity index (χ0v) is 11.2. The van der Waals surface area contributed by atoms with E-state index in [2.05, 4.69) is 4.98 Å². The summed E-state index contributed by atoms with van der Waals surface area (Å²) in [4.78, 5) is 3.90. The van der Waals surface area contributed by atoms with Crippen molar-refractivity contribution < 1.29 is 8.42 Å². The van der Waals surface area contributed by atoms with Gasteiger partial charge in [0.15, 0.2) is 5.03 Å². The normalized spacial score (nSPS) is 22.5. The Labute approximate surface area is 105 Å². The summed E-state index contributed by atoms with van der Waals surface area (Å²) in [5, 5.41) is -0.0289. The van der Waals surface area contributed by atoms with Gasteiger partial charge in [-0.3, -0.25) is 0 Å². The molecular formula is C10H15N3O2S2. The first-order chi connectivity index (χ1) is 8.03. The molecule has 0 aliphatic carbocycles. The monoisotopic (exact) mass is 273 g/mol. The first-order valence-corrected chi connectivity index (χ1v) is 7.93. The molecule has 94 valence electrons. The van der Waals surface area contributed by atoms with Gasteiger partial charge in [0.25, 0.3) is 10.0 Å². The number of rotatable bonds is 2. The fourth-order valence-electron chi connectivity index (χ4n) is 1.80. The van der Waals surface area contributed by atoms with E-state index in [9.17, 15) is 8.42 Å². The molecule has 1 aromatic heterocycles. The zero-order chi connectivity index (χ0) is 12.5. The van der Waals surface area contributed by atoms with Crippen LogP contribution in [0.15, 0.2) is 23.4 Å². The number of sulfonamides is 1. The topological polar surface area (TPSA) is 76.3 Å². The number of hydrogen-bond acceptors (Lipinski definition) is 5. The lowest BCUT2D eigenvalue weighted by molar-refractivity contribution is 0.366. The molecule has 1 atom stereocenters. The highest BCUT2D eigenvalue weighted by Crippen LogP contribution is 2.25. The SMILES string of the molecule is CC1CSCCN1S(=O)(=O)c1ncccc1N. The van der Waals surface area contributed by atoms with Gasteiger partial charge >= 0.3 is 0 Å². The maximum absolute atomic E-state index is 12.4. The van der Waals surface area contributed by atoms with E-state index < -0.39 is 10.0 Å². The van der Waals surface area contributed by atoms with Gasteiger partial charge in [-0.2, -0.15) is 16.1 Å². The number of nitrogen functional groups attached to an aromatic ring is 1. The smallest absolute Gasteiger partial charge is 0.262 e. The fraction of sp³-hybridized carbons (Fsp3) is 0.500. The molecule has 0 bridgehead atoms. The molecular weight excluding hydrogens is 258 g/mol. The number of anilines is 1. The number of nitrogens with zero attached hydrogens (tertiary/aromatic N) is 2. The average Bonchev–Trinajstić information content (AvgIpc) is 2.29. The van der Waals surface area contributed by atoms with Gasteiger partial charge in [0, 0.05) is 30.3 Å². The molecule has 1 aromatic rings. The predicted molar refractivity (Wildman–Crippen MR) is 69.3 cm³/mol. The zero-order valence-electron chi connectivity index (χ0n) is 9.54. The highest BCUT2D eigenvalue weighted by molar-refractivity contribution is 7.99. The van der Waals surface area contributed by atoms with Gasteiger partial charge in [-0.1, -0.05) is 0 Å². The van der Waals surface area contributed by atoms with Crippen LogP contribution in [-0.4, -0.2) is 41.8 Å². The number of thioether (sulfide) groups is 1. The first-order valence-electron chi connectivity index (χ1n) is 5.33. The summed E-state index contributed by atoms with van der Waals surface area (Å²) in [6.07, 6.45) is 1.45. The fourth-order valence-corrected chi connectivity index (χ4v) is 4.68. The van der Waals surface area contributed by atoms with E-state index in [0.717, 1.165) is 11.5 Å². The van der Waals surface area contributed by atoms with E-state index in [-0.39, 0.29) is 16.8 Å². The third-order valence-electron chi connectivity index (χ3n) is 2.66. The largest absolute Gasteiger partial charge is 0.396 e. The van der Waals surface area contributed by atoms with Gasteiger partial charge < -0.3 is 5.73 Å². The Balaban J connectivity index is 2.39. The molecule has 2 rings (SSSR count). The number of hydrogen-bond donors (Lipinski definition) is 1. The Morgan fingerprint density at radius 2 is 2.35 bits per heavy atom. The van der Waals surface area contributed by atoms with Crippen molar-refractivity contribution in [3.63, 3.8) is 0 Å². The summed E-state index contributed by atoms with van der Waals surface area (Å²) >= 11 is 1.76. The van der Waals surface area contributed by atoms with E-state index in [1.54, 1.807) is 23.9 Å². The van der Waals surface area contributed by atoms with Gasteiger partial charge in [-0.25, -0.2) is 13.4 Å². The Kier molecular flexibility index (Phi) is 3.60. The van der Waals surface area contributed by atoms with Crippen LogP contribution in [0.3, 0.4) is 0 Å². The third-order valence-corrected chi connectivity index (χ3v) is 5.84. The molecule has 2 N–H and O–H groups in total. The first kappa shape index (κ1) is 12.7. The van der Waals surface area contributed by atoms with Crippen LogP contribution in [0.4, 0.5) is 5.69 Å². The maximum atomic E-state index is 12.4. The van der Waals surface area contributed by atoms with Crippen molar-refractivity contribution in [2.24, 2.45) is 0 Å². The molecule has 0 spiro atoms. The van der Waals surface area contributed by atoms with Crippen LogP contribution in [0.5, 0.6) is 0 Å². The van der Waals surface area contributed by atoms with Crippen molar-refractivity contribution in [3.05, 3.63) is 18.3 Å². The second kappa shape index (κ2) is 4.83. The van der Waals surface area contributed by atoms with Crippen molar-refractivity contribution in [1.82, 2.24) is 9.29 Å². The second-order valence-corrected chi connectivity index (χ2v) is 6.89. The molecule has 1 saturated heterocycles. The van der Waals surface area contributed by atoms with Crippen LogP contribution >= 0.6 is 11.8 Å². The predicted octanol–water partition coefficient (Wildman–Crippen LogP) is 0.790. The van der Waals surface area contributed by atoms with E-state index in [4.69, 9.17) is 5.73 Å². The molecule has 1 fully saturated rings. The van der Waals surface area contributed by atoms with E-state index in [1.165, 1.54) is 10.5 Å². The summed E-state index contributed by atoms with van der Waals surface area (Å²) in [6.45, 7) is 2.42. The van der Waals surface area contributed by atoms with E-state index >= 15 is 0 Å². The maximum Gasteiger partial charge on any atom is 0.262 e. The van der Waals surface area contributed by atoms with Crippen LogP contribution in [0.1, 0.15) is 6.92 Å². The highest BCUT2D eigenvalue weighted by Gasteiger charge is 2.33. The molecule has 17 heavy (non-hydrogen) atoms. The van der Waals surface area contributed by atoms with Crippen molar-refractivity contribution in [1.29, 1.82) is 0 Å².